The molecular formula is C20H28N4O3. The Bertz CT molecular complexity index is 803. The number of hydrogen-bond donors (Lipinski definition) is 1. The third kappa shape index (κ3) is 4.99. The molecule has 7 nitrogen and oxygen atoms in total. The fraction of sp³-hybridized carbons (Fsp3) is 0.550. The van der Waals surface area contributed by atoms with E-state index in [1.165, 1.54) is 0 Å². The quantitative estimate of drug-likeness (QED) is 0.882. The number of nitrogens with zero attached hydrogens (tertiary/aromatic N) is 3. The van der Waals surface area contributed by atoms with Gasteiger partial charge < -0.3 is 19.7 Å². The number of aromatic nitrogens is 2. The third-order valence-electron chi connectivity index (χ3n) is 4.40. The lowest BCUT2D eigenvalue weighted by Gasteiger charge is -2.34. The SMILES string of the molecule is CNc1nc2ccccc2nc1OCC1CCCN(C(=O)OC(C)(C)C)C1. The molecule has 1 atom stereocenters. The van der Waals surface area contributed by atoms with Gasteiger partial charge in [0.2, 0.25) is 0 Å². The minimum absolute atomic E-state index is 0.240. The van der Waals surface area contributed by atoms with E-state index in [4.69, 9.17) is 9.47 Å². The van der Waals surface area contributed by atoms with Crippen LogP contribution in [0.25, 0.3) is 11.0 Å². The van der Waals surface area contributed by atoms with Crippen molar-refractivity contribution in [3.05, 3.63) is 24.3 Å². The Morgan fingerprint density at radius 2 is 1.96 bits per heavy atom. The van der Waals surface area contributed by atoms with Gasteiger partial charge in [-0.25, -0.2) is 14.8 Å². The molecule has 1 fully saturated rings. The molecule has 1 saturated heterocycles. The molecule has 1 N–H and O–H groups in total. The van der Waals surface area contributed by atoms with Crippen LogP contribution in [0.3, 0.4) is 0 Å². The molecule has 1 aromatic carbocycles. The van der Waals surface area contributed by atoms with Crippen molar-refractivity contribution in [3.63, 3.8) is 0 Å². The van der Waals surface area contributed by atoms with E-state index in [1.54, 1.807) is 11.9 Å². The Hall–Kier alpha value is -2.57. The summed E-state index contributed by atoms with van der Waals surface area (Å²) in [4.78, 5) is 23.2. The van der Waals surface area contributed by atoms with E-state index in [9.17, 15) is 4.79 Å². The maximum absolute atomic E-state index is 12.3. The van der Waals surface area contributed by atoms with Crippen LogP contribution in [0.2, 0.25) is 0 Å². The molecule has 0 bridgehead atoms. The minimum Gasteiger partial charge on any atom is -0.475 e. The molecule has 1 amide bonds. The predicted octanol–water partition coefficient (Wildman–Crippen LogP) is 3.70. The number of benzene rings is 1. The summed E-state index contributed by atoms with van der Waals surface area (Å²) in [5, 5.41) is 3.05. The number of hydrogen-bond acceptors (Lipinski definition) is 6. The highest BCUT2D eigenvalue weighted by Crippen LogP contribution is 2.25. The highest BCUT2D eigenvalue weighted by Gasteiger charge is 2.28. The molecule has 0 saturated carbocycles. The summed E-state index contributed by atoms with van der Waals surface area (Å²) in [6.07, 6.45) is 1.69. The molecule has 7 heteroatoms. The number of nitrogens with one attached hydrogen (secondary N) is 1. The Morgan fingerprint density at radius 3 is 2.63 bits per heavy atom. The highest BCUT2D eigenvalue weighted by molar-refractivity contribution is 5.77. The number of likely N-dealkylation sites (tertiary alicyclic amines) is 1. The predicted molar refractivity (Wildman–Crippen MR) is 105 cm³/mol. The van der Waals surface area contributed by atoms with E-state index < -0.39 is 5.60 Å². The second-order valence-electron chi connectivity index (χ2n) is 7.86. The van der Waals surface area contributed by atoms with Crippen molar-refractivity contribution in [1.29, 1.82) is 0 Å². The van der Waals surface area contributed by atoms with Gasteiger partial charge in [0, 0.05) is 26.1 Å². The standard InChI is InChI=1S/C20H28N4O3/c1-20(2,3)27-19(25)24-11-7-8-14(12-24)13-26-18-17(21-4)22-15-9-5-6-10-16(15)23-18/h5-6,9-10,14H,7-8,11-13H2,1-4H3,(H,21,22). The van der Waals surface area contributed by atoms with Crippen LogP contribution in [0, 0.1) is 5.92 Å². The van der Waals surface area contributed by atoms with Gasteiger partial charge in [0.25, 0.3) is 5.88 Å². The van der Waals surface area contributed by atoms with Crippen molar-refractivity contribution in [2.45, 2.75) is 39.2 Å². The van der Waals surface area contributed by atoms with Crippen molar-refractivity contribution in [2.75, 3.05) is 32.1 Å². The van der Waals surface area contributed by atoms with Gasteiger partial charge in [-0.2, -0.15) is 0 Å². The lowest BCUT2D eigenvalue weighted by Crippen LogP contribution is -2.44. The largest absolute Gasteiger partial charge is 0.475 e. The van der Waals surface area contributed by atoms with Crippen molar-refractivity contribution in [2.24, 2.45) is 5.92 Å². The second-order valence-corrected chi connectivity index (χ2v) is 7.86. The van der Waals surface area contributed by atoms with Crippen LogP contribution in [0.4, 0.5) is 10.6 Å². The molecule has 0 aliphatic carbocycles. The van der Waals surface area contributed by atoms with Crippen LogP contribution < -0.4 is 10.1 Å². The molecule has 146 valence electrons. The van der Waals surface area contributed by atoms with E-state index in [0.29, 0.717) is 24.8 Å². The van der Waals surface area contributed by atoms with Gasteiger partial charge in [0.15, 0.2) is 5.82 Å². The monoisotopic (exact) mass is 372 g/mol. The zero-order valence-corrected chi connectivity index (χ0v) is 16.5. The number of carbonyl (C=O) groups excluding carboxylic acids is 1. The van der Waals surface area contributed by atoms with E-state index in [2.05, 4.69) is 15.3 Å². The molecular weight excluding hydrogens is 344 g/mol. The van der Waals surface area contributed by atoms with Gasteiger partial charge in [0.05, 0.1) is 17.6 Å². The van der Waals surface area contributed by atoms with Gasteiger partial charge in [-0.3, -0.25) is 0 Å². The number of amides is 1. The van der Waals surface area contributed by atoms with Gasteiger partial charge in [-0.15, -0.1) is 0 Å². The molecule has 1 aromatic heterocycles. The Labute approximate surface area is 160 Å². The molecule has 3 rings (SSSR count). The lowest BCUT2D eigenvalue weighted by molar-refractivity contribution is 0.0138. The van der Waals surface area contributed by atoms with Crippen LogP contribution in [-0.2, 0) is 4.74 Å². The van der Waals surface area contributed by atoms with Gasteiger partial charge in [-0.1, -0.05) is 12.1 Å². The van der Waals surface area contributed by atoms with Crippen LogP contribution in [0.5, 0.6) is 5.88 Å². The molecule has 27 heavy (non-hydrogen) atoms. The Morgan fingerprint density at radius 1 is 1.26 bits per heavy atom. The van der Waals surface area contributed by atoms with Crippen molar-refractivity contribution < 1.29 is 14.3 Å². The number of fused-ring (bicyclic) bond motifs is 1. The summed E-state index contributed by atoms with van der Waals surface area (Å²) >= 11 is 0. The zero-order valence-electron chi connectivity index (χ0n) is 16.5. The van der Waals surface area contributed by atoms with Crippen LogP contribution >= 0.6 is 0 Å². The molecule has 1 unspecified atom stereocenters. The molecule has 1 aliphatic heterocycles. The summed E-state index contributed by atoms with van der Waals surface area (Å²) in [7, 11) is 1.80. The number of para-hydroxylation sites is 2. The van der Waals surface area contributed by atoms with E-state index in [0.717, 1.165) is 30.4 Å². The van der Waals surface area contributed by atoms with Gasteiger partial charge in [0.1, 0.15) is 5.60 Å². The first-order valence-electron chi connectivity index (χ1n) is 9.41. The van der Waals surface area contributed by atoms with E-state index in [1.807, 2.05) is 45.0 Å². The van der Waals surface area contributed by atoms with Gasteiger partial charge >= 0.3 is 6.09 Å². The van der Waals surface area contributed by atoms with Crippen LogP contribution in [0.1, 0.15) is 33.6 Å². The fourth-order valence-electron chi connectivity index (χ4n) is 3.14. The van der Waals surface area contributed by atoms with Gasteiger partial charge in [-0.05, 0) is 45.7 Å². The topological polar surface area (TPSA) is 76.6 Å². The lowest BCUT2D eigenvalue weighted by atomic mass is 9.99. The Kier molecular flexibility index (Phi) is 5.68. The minimum atomic E-state index is -0.483. The summed E-state index contributed by atoms with van der Waals surface area (Å²) in [5.74, 6) is 1.35. The zero-order chi connectivity index (χ0) is 19.4. The van der Waals surface area contributed by atoms with Crippen molar-refractivity contribution in [1.82, 2.24) is 14.9 Å². The normalized spacial score (nSPS) is 17.6. The second kappa shape index (κ2) is 7.98. The van der Waals surface area contributed by atoms with Crippen molar-refractivity contribution in [3.8, 4) is 5.88 Å². The average molecular weight is 372 g/mol. The van der Waals surface area contributed by atoms with Crippen LogP contribution in [0.15, 0.2) is 24.3 Å². The first kappa shape index (κ1) is 19.2. The first-order chi connectivity index (χ1) is 12.9. The summed E-state index contributed by atoms with van der Waals surface area (Å²) < 4.78 is 11.5. The third-order valence-corrected chi connectivity index (χ3v) is 4.40. The molecule has 1 aliphatic rings. The molecule has 0 spiro atoms. The fourth-order valence-corrected chi connectivity index (χ4v) is 3.14. The number of ether oxygens (including phenoxy) is 2. The summed E-state index contributed by atoms with van der Waals surface area (Å²) in [6, 6.07) is 7.70. The molecule has 2 aromatic rings. The summed E-state index contributed by atoms with van der Waals surface area (Å²) in [6.45, 7) is 7.49. The maximum Gasteiger partial charge on any atom is 0.410 e. The van der Waals surface area contributed by atoms with Crippen LogP contribution in [-0.4, -0.2) is 53.3 Å². The molecule has 2 heterocycles. The van der Waals surface area contributed by atoms with E-state index in [-0.39, 0.29) is 12.0 Å². The number of anilines is 1. The number of rotatable bonds is 4. The first-order valence-corrected chi connectivity index (χ1v) is 9.41. The van der Waals surface area contributed by atoms with Crippen molar-refractivity contribution >= 4 is 22.9 Å². The smallest absolute Gasteiger partial charge is 0.410 e. The highest BCUT2D eigenvalue weighted by atomic mass is 16.6. The number of carbonyl (C=O) groups is 1. The van der Waals surface area contributed by atoms with E-state index >= 15 is 0 Å². The summed E-state index contributed by atoms with van der Waals surface area (Å²) in [5.41, 5.74) is 1.14. The number of piperidine rings is 1. The Balaban J connectivity index is 1.64. The molecule has 0 radical (unpaired) electrons. The average Bonchev–Trinajstić information content (AvgIpc) is 2.64. The maximum atomic E-state index is 12.3.